The minimum atomic E-state index is -1.08. The van der Waals surface area contributed by atoms with Crippen molar-refractivity contribution in [1.29, 1.82) is 0 Å². The van der Waals surface area contributed by atoms with Gasteiger partial charge in [0.1, 0.15) is 23.6 Å². The monoisotopic (exact) mass is 884 g/mol. The molecule has 6 amide bonds. The highest BCUT2D eigenvalue weighted by molar-refractivity contribution is 6.39. The molecule has 324 valence electrons. The van der Waals surface area contributed by atoms with E-state index in [1.54, 1.807) is 47.9 Å². The van der Waals surface area contributed by atoms with Crippen LogP contribution in [0.5, 0.6) is 5.75 Å². The SMILES string of the molecule is O=C1CC[C@H](N2C(=O)c3cccc(OCC(=O)N4CCC(CN5CCC(CNc6ncnc7c6ncn7C6CC(NC(=O)c7c(Cl)cccc7Cl)C6)CC5)CC4)c3C2=O)C(=O)N1. The lowest BCUT2D eigenvalue weighted by atomic mass is 9.86. The van der Waals surface area contributed by atoms with Gasteiger partial charge in [0, 0.05) is 44.7 Å². The Hall–Kier alpha value is -5.65. The molecule has 4 fully saturated rings. The number of hydrogen-bond acceptors (Lipinski definition) is 12. The minimum Gasteiger partial charge on any atom is -0.483 e. The average Bonchev–Trinajstić information content (AvgIpc) is 3.79. The number of nitrogens with one attached hydrogen (secondary N) is 3. The van der Waals surface area contributed by atoms with Crippen molar-refractivity contribution < 1.29 is 33.5 Å². The number of halogens is 2. The highest BCUT2D eigenvalue weighted by Gasteiger charge is 2.46. The number of rotatable bonds is 12. The fraction of sp³-hybridized carbons (Fsp3) is 0.465. The summed E-state index contributed by atoms with van der Waals surface area (Å²) in [4.78, 5) is 95.6. The maximum atomic E-state index is 13.4. The van der Waals surface area contributed by atoms with Crippen LogP contribution in [0.3, 0.4) is 0 Å². The van der Waals surface area contributed by atoms with Crippen molar-refractivity contribution in [3.63, 3.8) is 0 Å². The van der Waals surface area contributed by atoms with E-state index in [1.807, 2.05) is 0 Å². The second-order valence-electron chi connectivity index (χ2n) is 16.8. The Morgan fingerprint density at radius 1 is 0.855 bits per heavy atom. The van der Waals surface area contributed by atoms with Crippen LogP contribution >= 0.6 is 23.2 Å². The summed E-state index contributed by atoms with van der Waals surface area (Å²) in [5.41, 5.74) is 1.91. The number of anilines is 1. The van der Waals surface area contributed by atoms with Crippen molar-refractivity contribution >= 4 is 75.6 Å². The van der Waals surface area contributed by atoms with Gasteiger partial charge in [-0.1, -0.05) is 35.3 Å². The van der Waals surface area contributed by atoms with Crippen molar-refractivity contribution in [2.45, 2.75) is 69.5 Å². The third-order valence-corrected chi connectivity index (χ3v) is 13.6. The molecular weight excluding hydrogens is 839 g/mol. The summed E-state index contributed by atoms with van der Waals surface area (Å²) in [6.45, 7) is 4.71. The largest absolute Gasteiger partial charge is 0.483 e. The van der Waals surface area contributed by atoms with Crippen molar-refractivity contribution in [2.24, 2.45) is 11.8 Å². The molecule has 9 rings (SSSR count). The number of hydrogen-bond donors (Lipinski definition) is 3. The number of amides is 6. The highest BCUT2D eigenvalue weighted by Crippen LogP contribution is 2.37. The highest BCUT2D eigenvalue weighted by atomic mass is 35.5. The third kappa shape index (κ3) is 8.32. The molecule has 3 N–H and O–H groups in total. The molecule has 0 radical (unpaired) electrons. The Bertz CT molecular complexity index is 2420. The van der Waals surface area contributed by atoms with E-state index in [9.17, 15) is 28.8 Å². The number of aromatic nitrogens is 4. The number of carbonyl (C=O) groups excluding carboxylic acids is 6. The molecular formula is C43H46Cl2N10O7. The summed E-state index contributed by atoms with van der Waals surface area (Å²) in [5.74, 6) is -1.12. The standard InChI is InChI=1S/C43H46Cl2N10O7/c44-29-4-2-5-30(45)36(29)41(59)50-26-17-27(18-26)54-23-49-37-38(47-22-48-39(37)54)46-19-24-9-13-52(14-10-24)20-25-11-15-53(16-12-25)34(57)21-62-32-6-1-3-28-35(32)43(61)55(42(28)60)31-7-8-33(56)51-40(31)58/h1-6,22-27,31H,7-21H2,(H,50,59)(H,46,47,48)(H,51,56,58)/t26?,27?,31-/m0/s1. The van der Waals surface area contributed by atoms with Gasteiger partial charge in [-0.15, -0.1) is 0 Å². The fourth-order valence-corrected chi connectivity index (χ4v) is 9.90. The number of carbonyl (C=O) groups is 6. The second kappa shape index (κ2) is 17.6. The third-order valence-electron chi connectivity index (χ3n) is 12.9. The smallest absolute Gasteiger partial charge is 0.266 e. The molecule has 5 aliphatic rings. The summed E-state index contributed by atoms with van der Waals surface area (Å²) < 4.78 is 7.91. The first-order valence-electron chi connectivity index (χ1n) is 21.2. The zero-order valence-corrected chi connectivity index (χ0v) is 35.4. The molecule has 17 nitrogen and oxygen atoms in total. The van der Waals surface area contributed by atoms with Gasteiger partial charge in [0.2, 0.25) is 11.8 Å². The van der Waals surface area contributed by atoms with Crippen LogP contribution in [0.15, 0.2) is 49.1 Å². The number of imidazole rings is 1. The molecule has 4 aliphatic heterocycles. The quantitative estimate of drug-likeness (QED) is 0.172. The van der Waals surface area contributed by atoms with Gasteiger partial charge in [0.05, 0.1) is 33.1 Å². The first-order valence-corrected chi connectivity index (χ1v) is 21.9. The number of likely N-dealkylation sites (tertiary alicyclic amines) is 2. The molecule has 4 aromatic rings. The minimum absolute atomic E-state index is 0.0117. The lowest BCUT2D eigenvalue weighted by Crippen LogP contribution is -2.54. The van der Waals surface area contributed by atoms with Crippen molar-refractivity contribution in [1.82, 2.24) is 44.9 Å². The van der Waals surface area contributed by atoms with E-state index >= 15 is 0 Å². The van der Waals surface area contributed by atoms with E-state index in [4.69, 9.17) is 27.9 Å². The van der Waals surface area contributed by atoms with Crippen LogP contribution in [0.1, 0.15) is 88.5 Å². The van der Waals surface area contributed by atoms with Gasteiger partial charge < -0.3 is 29.7 Å². The predicted octanol–water partition coefficient (Wildman–Crippen LogP) is 4.11. The van der Waals surface area contributed by atoms with Gasteiger partial charge >= 0.3 is 0 Å². The predicted molar refractivity (Wildman–Crippen MR) is 227 cm³/mol. The van der Waals surface area contributed by atoms with E-state index in [0.29, 0.717) is 40.8 Å². The number of imide groups is 2. The van der Waals surface area contributed by atoms with E-state index < -0.39 is 29.7 Å². The molecule has 1 saturated carbocycles. The lowest BCUT2D eigenvalue weighted by Gasteiger charge is -2.37. The number of piperidine rings is 3. The second-order valence-corrected chi connectivity index (χ2v) is 17.6. The maximum Gasteiger partial charge on any atom is 0.266 e. The summed E-state index contributed by atoms with van der Waals surface area (Å²) in [7, 11) is 0. The van der Waals surface area contributed by atoms with Gasteiger partial charge in [-0.3, -0.25) is 39.0 Å². The van der Waals surface area contributed by atoms with Gasteiger partial charge in [-0.05, 0) is 94.1 Å². The fourth-order valence-electron chi connectivity index (χ4n) is 9.33. The van der Waals surface area contributed by atoms with Gasteiger partial charge in [0.25, 0.3) is 23.6 Å². The zero-order valence-electron chi connectivity index (χ0n) is 33.9. The van der Waals surface area contributed by atoms with Crippen LogP contribution in [0, 0.1) is 11.8 Å². The lowest BCUT2D eigenvalue weighted by molar-refractivity contribution is -0.136. The van der Waals surface area contributed by atoms with E-state index in [2.05, 4.69) is 40.4 Å². The summed E-state index contributed by atoms with van der Waals surface area (Å²) in [5, 5.41) is 9.42. The molecule has 2 aromatic carbocycles. The molecule has 2 aromatic heterocycles. The van der Waals surface area contributed by atoms with Crippen LogP contribution in [0.25, 0.3) is 11.2 Å². The van der Waals surface area contributed by atoms with Crippen molar-refractivity contribution in [2.75, 3.05) is 51.2 Å². The van der Waals surface area contributed by atoms with Gasteiger partial charge in [-0.25, -0.2) is 15.0 Å². The Morgan fingerprint density at radius 2 is 1.58 bits per heavy atom. The zero-order chi connectivity index (χ0) is 43.1. The molecule has 1 atom stereocenters. The molecule has 3 saturated heterocycles. The van der Waals surface area contributed by atoms with Crippen molar-refractivity contribution in [3.8, 4) is 5.75 Å². The van der Waals surface area contributed by atoms with E-state index in [-0.39, 0.29) is 65.8 Å². The Balaban J connectivity index is 0.693. The number of fused-ring (bicyclic) bond motifs is 2. The first-order chi connectivity index (χ1) is 30.0. The molecule has 6 heterocycles. The maximum absolute atomic E-state index is 13.4. The molecule has 1 aliphatic carbocycles. The Kier molecular flexibility index (Phi) is 11.8. The first kappa shape index (κ1) is 41.7. The molecule has 0 spiro atoms. The summed E-state index contributed by atoms with van der Waals surface area (Å²) in [6, 6.07) is 8.67. The number of benzene rings is 2. The van der Waals surface area contributed by atoms with Crippen LogP contribution < -0.4 is 20.7 Å². The molecule has 0 unspecified atom stereocenters. The van der Waals surface area contributed by atoms with Gasteiger partial charge in [-0.2, -0.15) is 0 Å². The van der Waals surface area contributed by atoms with E-state index in [1.165, 1.54) is 6.07 Å². The summed E-state index contributed by atoms with van der Waals surface area (Å²) >= 11 is 12.5. The molecule has 19 heteroatoms. The van der Waals surface area contributed by atoms with Crippen molar-refractivity contribution in [3.05, 3.63) is 75.8 Å². The van der Waals surface area contributed by atoms with Crippen LogP contribution in [-0.2, 0) is 14.4 Å². The van der Waals surface area contributed by atoms with Crippen LogP contribution in [-0.4, -0.2) is 128 Å². The van der Waals surface area contributed by atoms with Crippen LogP contribution in [0.2, 0.25) is 10.0 Å². The van der Waals surface area contributed by atoms with Crippen LogP contribution in [0.4, 0.5) is 5.82 Å². The molecule has 62 heavy (non-hydrogen) atoms. The summed E-state index contributed by atoms with van der Waals surface area (Å²) in [6.07, 6.45) is 8.79. The topological polar surface area (TPSA) is 201 Å². The number of ether oxygens (including phenoxy) is 1. The molecule has 0 bridgehead atoms. The normalized spacial score (nSPS) is 22.4. The number of nitrogens with zero attached hydrogens (tertiary/aromatic N) is 7. The average molecular weight is 886 g/mol. The van der Waals surface area contributed by atoms with Gasteiger partial charge in [0.15, 0.2) is 18.1 Å². The van der Waals surface area contributed by atoms with E-state index in [0.717, 1.165) is 80.8 Å². The Labute approximate surface area is 366 Å². The Morgan fingerprint density at radius 3 is 2.32 bits per heavy atom.